The van der Waals surface area contributed by atoms with E-state index < -0.39 is 48.7 Å². The van der Waals surface area contributed by atoms with Crippen LogP contribution in [0.4, 0.5) is 22.0 Å². The Kier molecular flexibility index (Phi) is 7.68. The van der Waals surface area contributed by atoms with Crippen LogP contribution in [0.1, 0.15) is 96.5 Å². The molecule has 9 nitrogen and oxygen atoms in total. The first kappa shape index (κ1) is 28.8. The Morgan fingerprint density at radius 1 is 1.12 bits per heavy atom. The van der Waals surface area contributed by atoms with Gasteiger partial charge in [0.25, 0.3) is 5.91 Å². The van der Waals surface area contributed by atoms with Crippen LogP contribution in [-0.4, -0.2) is 48.5 Å². The molecule has 0 aliphatic heterocycles. The van der Waals surface area contributed by atoms with Crippen molar-refractivity contribution in [1.29, 1.82) is 0 Å². The zero-order valence-corrected chi connectivity index (χ0v) is 22.3. The van der Waals surface area contributed by atoms with Crippen LogP contribution in [0, 0.1) is 18.8 Å². The van der Waals surface area contributed by atoms with Crippen molar-refractivity contribution in [2.24, 2.45) is 17.6 Å². The van der Waals surface area contributed by atoms with E-state index >= 15 is 0 Å². The molecule has 2 fully saturated rings. The van der Waals surface area contributed by atoms with Crippen molar-refractivity contribution in [3.63, 3.8) is 0 Å². The summed E-state index contributed by atoms with van der Waals surface area (Å²) in [7, 11) is 0. The number of nitrogens with one attached hydrogen (secondary N) is 1. The maximum absolute atomic E-state index is 14.0. The van der Waals surface area contributed by atoms with Crippen molar-refractivity contribution in [3.05, 3.63) is 53.0 Å². The molecule has 0 spiro atoms. The Hall–Kier alpha value is -3.71. The van der Waals surface area contributed by atoms with Gasteiger partial charge in [-0.3, -0.25) is 9.59 Å². The van der Waals surface area contributed by atoms with Gasteiger partial charge in [-0.05, 0) is 56.1 Å². The third-order valence-electron chi connectivity index (χ3n) is 7.89. The van der Waals surface area contributed by atoms with E-state index in [4.69, 9.17) is 10.7 Å². The van der Waals surface area contributed by atoms with Gasteiger partial charge in [-0.1, -0.05) is 0 Å². The van der Waals surface area contributed by atoms with Crippen molar-refractivity contribution in [2.45, 2.75) is 82.3 Å². The number of hydrogen-bond donors (Lipinski definition) is 2. The predicted octanol–water partition coefficient (Wildman–Crippen LogP) is 4.79. The minimum Gasteiger partial charge on any atom is -0.363 e. The minimum atomic E-state index is -4.42. The Bertz CT molecular complexity index is 1440. The normalized spacial score (nSPS) is 19.2. The molecule has 2 aliphatic carbocycles. The monoisotopic (exact) mass is 579 g/mol. The standard InChI is InChI=1S/C27H30F5N7O2/c1-14-18(12-34-25(36-14)24(33)41)22(15-4-7-26(28,29)8-5-15)19-13-39-20(37-19)10-17(11-35-39)23(16-2-3-16)38-21(40)6-9-27(30,31)32/h10-13,15-16,22-23H,2-9H2,1H3,(H2,33,41)(H,38,40)/t22-,23+/m0/s1. The van der Waals surface area contributed by atoms with E-state index in [1.165, 1.54) is 10.7 Å². The molecule has 0 radical (unpaired) electrons. The van der Waals surface area contributed by atoms with Gasteiger partial charge in [0.05, 0.1) is 30.6 Å². The highest BCUT2D eigenvalue weighted by Crippen LogP contribution is 2.45. The zero-order chi connectivity index (χ0) is 29.5. The summed E-state index contributed by atoms with van der Waals surface area (Å²) >= 11 is 0. The molecule has 3 N–H and O–H groups in total. The van der Waals surface area contributed by atoms with Crippen LogP contribution >= 0.6 is 0 Å². The molecular weight excluding hydrogens is 549 g/mol. The first-order chi connectivity index (χ1) is 19.3. The molecule has 2 amide bonds. The van der Waals surface area contributed by atoms with Crippen molar-refractivity contribution in [1.82, 2.24) is 29.9 Å². The predicted molar refractivity (Wildman–Crippen MR) is 136 cm³/mol. The average molecular weight is 580 g/mol. The molecule has 0 unspecified atom stereocenters. The largest absolute Gasteiger partial charge is 0.389 e. The second-order valence-corrected chi connectivity index (χ2v) is 11.0. The number of fused-ring (bicyclic) bond motifs is 1. The fraction of sp³-hybridized carbons (Fsp3) is 0.556. The fourth-order valence-electron chi connectivity index (χ4n) is 5.58. The molecule has 220 valence electrons. The maximum atomic E-state index is 14.0. The van der Waals surface area contributed by atoms with Crippen LogP contribution in [0.2, 0.25) is 0 Å². The molecule has 0 bridgehead atoms. The van der Waals surface area contributed by atoms with Crippen molar-refractivity contribution in [2.75, 3.05) is 0 Å². The average Bonchev–Trinajstić information content (AvgIpc) is 3.65. The van der Waals surface area contributed by atoms with Crippen molar-refractivity contribution in [3.8, 4) is 0 Å². The van der Waals surface area contributed by atoms with Gasteiger partial charge in [-0.2, -0.15) is 18.3 Å². The lowest BCUT2D eigenvalue weighted by atomic mass is 9.74. The van der Waals surface area contributed by atoms with E-state index in [0.29, 0.717) is 28.2 Å². The molecule has 3 aromatic rings. The topological polar surface area (TPSA) is 128 Å². The van der Waals surface area contributed by atoms with E-state index in [0.717, 1.165) is 12.8 Å². The lowest BCUT2D eigenvalue weighted by Crippen LogP contribution is -2.30. The van der Waals surface area contributed by atoms with Crippen LogP contribution < -0.4 is 11.1 Å². The van der Waals surface area contributed by atoms with E-state index in [1.807, 2.05) is 0 Å². The van der Waals surface area contributed by atoms with E-state index in [-0.39, 0.29) is 43.3 Å². The number of amides is 2. The van der Waals surface area contributed by atoms with E-state index in [2.05, 4.69) is 20.4 Å². The molecule has 3 aromatic heterocycles. The van der Waals surface area contributed by atoms with Crippen LogP contribution in [0.5, 0.6) is 0 Å². The quantitative estimate of drug-likeness (QED) is 0.351. The highest BCUT2D eigenvalue weighted by atomic mass is 19.4. The van der Waals surface area contributed by atoms with Gasteiger partial charge in [0.2, 0.25) is 17.7 Å². The van der Waals surface area contributed by atoms with Gasteiger partial charge < -0.3 is 11.1 Å². The van der Waals surface area contributed by atoms with Crippen molar-refractivity contribution >= 4 is 17.5 Å². The number of nitrogens with two attached hydrogens (primary N) is 1. The lowest BCUT2D eigenvalue weighted by molar-refractivity contribution is -0.144. The second kappa shape index (κ2) is 10.9. The molecule has 14 heteroatoms. The molecule has 5 rings (SSSR count). The maximum Gasteiger partial charge on any atom is 0.389 e. The Labute approximate surface area is 232 Å². The number of carbonyl (C=O) groups is 2. The summed E-state index contributed by atoms with van der Waals surface area (Å²) in [5.74, 6) is -4.93. The van der Waals surface area contributed by atoms with Crippen molar-refractivity contribution < 1.29 is 31.5 Å². The van der Waals surface area contributed by atoms with Gasteiger partial charge in [0, 0.05) is 42.6 Å². The summed E-state index contributed by atoms with van der Waals surface area (Å²) in [5, 5.41) is 7.17. The van der Waals surface area contributed by atoms with Crippen LogP contribution in [-0.2, 0) is 4.79 Å². The zero-order valence-electron chi connectivity index (χ0n) is 22.3. The fourth-order valence-corrected chi connectivity index (χ4v) is 5.58. The van der Waals surface area contributed by atoms with Crippen LogP contribution in [0.25, 0.3) is 5.65 Å². The second-order valence-electron chi connectivity index (χ2n) is 11.0. The number of nitrogens with zero attached hydrogens (tertiary/aromatic N) is 5. The van der Waals surface area contributed by atoms with E-state index in [1.54, 1.807) is 25.4 Å². The van der Waals surface area contributed by atoms with Crippen LogP contribution in [0.15, 0.2) is 24.7 Å². The first-order valence-electron chi connectivity index (χ1n) is 13.5. The molecule has 3 heterocycles. The highest BCUT2D eigenvalue weighted by Gasteiger charge is 2.40. The van der Waals surface area contributed by atoms with Gasteiger partial charge in [0.1, 0.15) is 0 Å². The molecule has 2 atom stereocenters. The summed E-state index contributed by atoms with van der Waals surface area (Å²) in [4.78, 5) is 37.0. The molecular formula is C27H30F5N7O2. The Morgan fingerprint density at radius 2 is 1.83 bits per heavy atom. The number of primary amides is 1. The summed E-state index contributed by atoms with van der Waals surface area (Å²) in [6.45, 7) is 1.70. The SMILES string of the molecule is Cc1nc(C(N)=O)ncc1[C@@H](c1cn2ncc([C@H](NC(=O)CCC(F)(F)F)C3CC3)cc2n1)C1CCC(F)(F)CC1. The number of aryl methyl sites for hydroxylation is 1. The Balaban J connectivity index is 1.46. The summed E-state index contributed by atoms with van der Waals surface area (Å²) in [6.07, 6.45) is 0.0707. The van der Waals surface area contributed by atoms with Crippen LogP contribution in [0.3, 0.4) is 0 Å². The highest BCUT2D eigenvalue weighted by molar-refractivity contribution is 5.88. The number of imidazole rings is 1. The third kappa shape index (κ3) is 6.79. The number of aromatic nitrogens is 5. The number of rotatable bonds is 9. The summed E-state index contributed by atoms with van der Waals surface area (Å²) in [6, 6.07) is 1.23. The Morgan fingerprint density at radius 3 is 2.44 bits per heavy atom. The smallest absolute Gasteiger partial charge is 0.363 e. The van der Waals surface area contributed by atoms with Gasteiger partial charge in [0.15, 0.2) is 5.65 Å². The third-order valence-corrected chi connectivity index (χ3v) is 7.89. The van der Waals surface area contributed by atoms with Gasteiger partial charge in [-0.25, -0.2) is 28.2 Å². The van der Waals surface area contributed by atoms with Gasteiger partial charge >= 0.3 is 6.18 Å². The molecule has 2 saturated carbocycles. The first-order valence-corrected chi connectivity index (χ1v) is 13.5. The molecule has 2 aliphatic rings. The number of alkyl halides is 5. The number of hydrogen-bond acceptors (Lipinski definition) is 6. The summed E-state index contributed by atoms with van der Waals surface area (Å²) < 4.78 is 67.4. The van der Waals surface area contributed by atoms with Gasteiger partial charge in [-0.15, -0.1) is 0 Å². The number of halogens is 5. The molecule has 41 heavy (non-hydrogen) atoms. The van der Waals surface area contributed by atoms with E-state index in [9.17, 15) is 31.5 Å². The molecule has 0 saturated heterocycles. The number of carbonyl (C=O) groups excluding carboxylic acids is 2. The summed E-state index contributed by atoms with van der Waals surface area (Å²) in [5.41, 5.74) is 8.06. The lowest BCUT2D eigenvalue weighted by Gasteiger charge is -2.33. The minimum absolute atomic E-state index is 0.0868. The molecule has 0 aromatic carbocycles.